The number of hydrogen-bond acceptors (Lipinski definition) is 6. The number of rotatable bonds is 10. The highest BCUT2D eigenvalue weighted by Crippen LogP contribution is 2.67. The van der Waals surface area contributed by atoms with Crippen LogP contribution in [-0.2, 0) is 19.2 Å². The first-order valence-electron chi connectivity index (χ1n) is 16.1. The van der Waals surface area contributed by atoms with Crippen molar-refractivity contribution in [2.24, 2.45) is 45.6 Å². The Morgan fingerprint density at radius 3 is 2.40 bits per heavy atom. The highest BCUT2D eigenvalue weighted by atomic mass is 16.6. The summed E-state index contributed by atoms with van der Waals surface area (Å²) in [6.45, 7) is 11.6. The maximum atomic E-state index is 12.8. The minimum absolute atomic E-state index is 0.0821. The van der Waals surface area contributed by atoms with Crippen molar-refractivity contribution in [2.45, 2.75) is 117 Å². The Balaban J connectivity index is 1.35. The first-order valence-corrected chi connectivity index (χ1v) is 16.1. The number of hydrogen-bond donors (Lipinski definition) is 4. The molecule has 0 radical (unpaired) electrons. The molecule has 0 aromatic rings. The monoisotopic (exact) mass is 597 g/mol. The highest BCUT2D eigenvalue weighted by Gasteiger charge is 2.63. The minimum Gasteiger partial charge on any atom is -0.480 e. The molecule has 0 aromatic carbocycles. The number of allylic oxidation sites excluding steroid dienone is 2. The molecule has 0 aromatic heterocycles. The summed E-state index contributed by atoms with van der Waals surface area (Å²) in [6, 6.07) is -1.91. The Morgan fingerprint density at radius 1 is 1.07 bits per heavy atom. The molecular weight excluding hydrogens is 546 g/mol. The van der Waals surface area contributed by atoms with Crippen LogP contribution in [0.2, 0.25) is 0 Å². The average Bonchev–Trinajstić information content (AvgIpc) is 3.21. The minimum atomic E-state index is -1.10. The van der Waals surface area contributed by atoms with E-state index in [2.05, 4.69) is 41.6 Å². The largest absolute Gasteiger partial charge is 0.480 e. The molecule has 3 fully saturated rings. The quantitative estimate of drug-likeness (QED) is 0.217. The molecule has 8 atom stereocenters. The van der Waals surface area contributed by atoms with Gasteiger partial charge < -0.3 is 25.7 Å². The topological polar surface area (TPSA) is 137 Å². The molecule has 9 heteroatoms. The molecule has 0 spiro atoms. The maximum absolute atomic E-state index is 12.8. The van der Waals surface area contributed by atoms with Crippen LogP contribution in [0.1, 0.15) is 99.3 Å². The number of aliphatic hydroxyl groups is 1. The molecule has 0 unspecified atom stereocenters. The molecule has 4 rings (SSSR count). The molecule has 0 bridgehead atoms. The number of terminal acetylenes is 1. The van der Waals surface area contributed by atoms with Crippen molar-refractivity contribution in [3.63, 3.8) is 0 Å². The van der Waals surface area contributed by atoms with Crippen molar-refractivity contribution in [1.29, 1.82) is 0 Å². The van der Waals surface area contributed by atoms with E-state index < -0.39 is 35.5 Å². The van der Waals surface area contributed by atoms with Crippen LogP contribution in [0.5, 0.6) is 0 Å². The summed E-state index contributed by atoms with van der Waals surface area (Å²) >= 11 is 0. The SMILES string of the molecule is C#C[C@@]1(O)CC[C@@H]2[C@@H]3CCC4=C/C(=N\OCC(=O)N[C@H](C(=O)N[C@@H](CC(C)C)C(=O)O)C(C)C)CC[C@]4(C)[C@@H]3CC[C@@]21C. The predicted molar refractivity (Wildman–Crippen MR) is 165 cm³/mol. The Bertz CT molecular complexity index is 1200. The fourth-order valence-electron chi connectivity index (χ4n) is 8.77. The lowest BCUT2D eigenvalue weighted by molar-refractivity contribution is -0.143. The van der Waals surface area contributed by atoms with E-state index >= 15 is 0 Å². The van der Waals surface area contributed by atoms with Gasteiger partial charge in [0, 0.05) is 5.41 Å². The van der Waals surface area contributed by atoms with E-state index in [0.717, 1.165) is 50.7 Å². The molecule has 4 N–H and O–H groups in total. The molecule has 2 amide bonds. The molecule has 0 heterocycles. The van der Waals surface area contributed by atoms with Gasteiger partial charge in [-0.1, -0.05) is 58.2 Å². The second kappa shape index (κ2) is 12.6. The van der Waals surface area contributed by atoms with Crippen LogP contribution in [0.15, 0.2) is 16.8 Å². The number of amides is 2. The van der Waals surface area contributed by atoms with Gasteiger partial charge in [-0.15, -0.1) is 6.42 Å². The van der Waals surface area contributed by atoms with E-state index in [9.17, 15) is 24.6 Å². The number of carboxylic acids is 1. The molecule has 3 saturated carbocycles. The van der Waals surface area contributed by atoms with E-state index in [0.29, 0.717) is 30.6 Å². The zero-order valence-corrected chi connectivity index (χ0v) is 26.7. The van der Waals surface area contributed by atoms with E-state index in [1.54, 1.807) is 13.8 Å². The lowest BCUT2D eigenvalue weighted by Gasteiger charge is -2.58. The number of oxime groups is 1. The summed E-state index contributed by atoms with van der Waals surface area (Å²) in [5, 5.41) is 30.2. The second-order valence-corrected chi connectivity index (χ2v) is 14.7. The Hall–Kier alpha value is -2.86. The number of carbonyl (C=O) groups is 3. The van der Waals surface area contributed by atoms with Crippen LogP contribution in [-0.4, -0.2) is 58.0 Å². The first-order chi connectivity index (χ1) is 20.1. The fourth-order valence-corrected chi connectivity index (χ4v) is 8.77. The van der Waals surface area contributed by atoms with Crippen molar-refractivity contribution < 1.29 is 29.4 Å². The number of fused-ring (bicyclic) bond motifs is 5. The van der Waals surface area contributed by atoms with Crippen molar-refractivity contribution in [3.05, 3.63) is 11.6 Å². The lowest BCUT2D eigenvalue weighted by Crippen LogP contribution is -2.54. The zero-order valence-electron chi connectivity index (χ0n) is 26.7. The van der Waals surface area contributed by atoms with Crippen LogP contribution in [0.3, 0.4) is 0 Å². The summed E-state index contributed by atoms with van der Waals surface area (Å²) in [5.41, 5.74) is 1.09. The summed E-state index contributed by atoms with van der Waals surface area (Å²) in [7, 11) is 0. The average molecular weight is 598 g/mol. The summed E-state index contributed by atoms with van der Waals surface area (Å²) in [6.07, 6.45) is 15.8. The summed E-state index contributed by atoms with van der Waals surface area (Å²) < 4.78 is 0. The van der Waals surface area contributed by atoms with E-state index in [1.165, 1.54) is 5.57 Å². The van der Waals surface area contributed by atoms with Crippen molar-refractivity contribution in [1.82, 2.24) is 10.6 Å². The lowest BCUT2D eigenvalue weighted by atomic mass is 9.46. The van der Waals surface area contributed by atoms with Gasteiger partial charge in [-0.3, -0.25) is 9.59 Å². The Morgan fingerprint density at radius 2 is 1.77 bits per heavy atom. The van der Waals surface area contributed by atoms with Crippen LogP contribution in [0.4, 0.5) is 0 Å². The number of aliphatic carboxylic acids is 1. The molecular formula is C34H51N3O6. The zero-order chi connectivity index (χ0) is 31.7. The third-order valence-corrected chi connectivity index (χ3v) is 11.3. The van der Waals surface area contributed by atoms with Crippen LogP contribution in [0, 0.1) is 52.8 Å². The van der Waals surface area contributed by atoms with Gasteiger partial charge in [-0.2, -0.15) is 0 Å². The highest BCUT2D eigenvalue weighted by molar-refractivity contribution is 5.96. The van der Waals surface area contributed by atoms with Gasteiger partial charge in [-0.05, 0) is 98.9 Å². The van der Waals surface area contributed by atoms with Crippen molar-refractivity contribution in [2.75, 3.05) is 6.61 Å². The van der Waals surface area contributed by atoms with Gasteiger partial charge in [0.2, 0.25) is 5.91 Å². The summed E-state index contributed by atoms with van der Waals surface area (Å²) in [4.78, 5) is 42.6. The van der Waals surface area contributed by atoms with Crippen LogP contribution < -0.4 is 10.6 Å². The smallest absolute Gasteiger partial charge is 0.326 e. The van der Waals surface area contributed by atoms with Crippen LogP contribution >= 0.6 is 0 Å². The van der Waals surface area contributed by atoms with E-state index in [4.69, 9.17) is 11.3 Å². The molecule has 238 valence electrons. The Labute approximate surface area is 256 Å². The number of carboxylic acid groups (broad SMARTS) is 1. The van der Waals surface area contributed by atoms with Crippen molar-refractivity contribution >= 4 is 23.5 Å². The predicted octanol–water partition coefficient (Wildman–Crippen LogP) is 4.44. The number of carbonyl (C=O) groups excluding carboxylic acids is 2. The Kier molecular flexibility index (Phi) is 9.71. The van der Waals surface area contributed by atoms with E-state index in [-0.39, 0.29) is 29.3 Å². The second-order valence-electron chi connectivity index (χ2n) is 14.7. The fraction of sp³-hybridized carbons (Fsp3) is 0.765. The maximum Gasteiger partial charge on any atom is 0.326 e. The van der Waals surface area contributed by atoms with Gasteiger partial charge in [-0.25, -0.2) is 4.79 Å². The van der Waals surface area contributed by atoms with Gasteiger partial charge in [0.05, 0.1) is 5.71 Å². The van der Waals surface area contributed by atoms with E-state index in [1.807, 2.05) is 13.8 Å². The van der Waals surface area contributed by atoms with Crippen molar-refractivity contribution in [3.8, 4) is 12.3 Å². The van der Waals surface area contributed by atoms with Gasteiger partial charge in [0.15, 0.2) is 6.61 Å². The molecule has 9 nitrogen and oxygen atoms in total. The molecule has 0 aliphatic heterocycles. The standard InChI is InChI=1S/C34H51N3O6/c1-8-34(42)16-13-26-24-10-9-22-18-23(11-14-32(22,6)25(24)12-15-33(26,34)7)37-43-19-28(38)36-29(21(4)5)30(39)35-27(31(40)41)17-20(2)3/h1,18,20-21,24-27,29,42H,9-17,19H2,2-7H3,(H,35,39)(H,36,38)(H,40,41)/b37-23-/t24-,25-,26-,27+,29+,32+,33+,34-/m1/s1. The first kappa shape index (κ1) is 33.0. The number of nitrogens with one attached hydrogen (secondary N) is 2. The van der Waals surface area contributed by atoms with Crippen LogP contribution in [0.25, 0.3) is 0 Å². The molecule has 0 saturated heterocycles. The molecule has 4 aliphatic carbocycles. The molecule has 43 heavy (non-hydrogen) atoms. The third kappa shape index (κ3) is 6.36. The molecule has 4 aliphatic rings. The number of nitrogens with zero attached hydrogens (tertiary/aromatic N) is 1. The van der Waals surface area contributed by atoms with Gasteiger partial charge >= 0.3 is 5.97 Å². The summed E-state index contributed by atoms with van der Waals surface area (Å²) in [5.74, 6) is 2.04. The van der Waals surface area contributed by atoms with Gasteiger partial charge in [0.25, 0.3) is 5.91 Å². The normalized spacial score (nSPS) is 35.6. The van der Waals surface area contributed by atoms with Gasteiger partial charge in [0.1, 0.15) is 17.7 Å². The third-order valence-electron chi connectivity index (χ3n) is 11.3.